The number of aliphatic hydroxyl groups excluding tert-OH is 1. The number of ether oxygens (including phenoxy) is 2. The quantitative estimate of drug-likeness (QED) is 0.777. The molecule has 2 rings (SSSR count). The minimum Gasteiger partial charge on any atom is -0.394 e. The molecular weight excluding hydrogens is 300 g/mol. The number of fused-ring (bicyclic) bond motifs is 1. The zero-order valence-corrected chi connectivity index (χ0v) is 14.9. The van der Waals surface area contributed by atoms with Crippen molar-refractivity contribution < 1.29 is 24.2 Å². The van der Waals surface area contributed by atoms with Crippen LogP contribution in [0, 0.1) is 5.92 Å². The van der Waals surface area contributed by atoms with Gasteiger partial charge in [-0.15, -0.1) is 0 Å². The zero-order chi connectivity index (χ0) is 17.6. The number of carbonyl (C=O) groups is 1. The highest BCUT2D eigenvalue weighted by Gasteiger charge is 2.58. The molecule has 2 fully saturated rings. The first-order chi connectivity index (χ1) is 10.4. The summed E-state index contributed by atoms with van der Waals surface area (Å²) in [5, 5.41) is 11.2. The number of aliphatic hydroxyl groups is 1. The predicted molar refractivity (Wildman–Crippen MR) is 84.4 cm³/mol. The molecule has 23 heavy (non-hydrogen) atoms. The van der Waals surface area contributed by atoms with Crippen LogP contribution in [0.25, 0.3) is 0 Å². The number of hydroxylamine groups is 2. The van der Waals surface area contributed by atoms with E-state index in [4.69, 9.17) is 20.0 Å². The highest BCUT2D eigenvalue weighted by atomic mass is 16.7. The van der Waals surface area contributed by atoms with E-state index in [-0.39, 0.29) is 30.5 Å². The van der Waals surface area contributed by atoms with Gasteiger partial charge in [0.2, 0.25) is 5.91 Å². The molecule has 0 aliphatic carbocycles. The Hall–Kier alpha value is -0.730. The van der Waals surface area contributed by atoms with Crippen molar-refractivity contribution in [1.29, 1.82) is 0 Å². The van der Waals surface area contributed by atoms with Crippen LogP contribution >= 0.6 is 0 Å². The molecule has 0 aromatic rings. The number of nitrogens with zero attached hydrogens (tertiary/aromatic N) is 1. The van der Waals surface area contributed by atoms with Gasteiger partial charge in [0.25, 0.3) is 0 Å². The topological polar surface area (TPSA) is 94.2 Å². The number of nitrogens with two attached hydrogens (primary N) is 1. The Morgan fingerprint density at radius 2 is 1.78 bits per heavy atom. The third kappa shape index (κ3) is 4.22. The fourth-order valence-corrected chi connectivity index (χ4v) is 3.35. The van der Waals surface area contributed by atoms with E-state index in [9.17, 15) is 9.90 Å². The van der Waals surface area contributed by atoms with Gasteiger partial charge in [-0.3, -0.25) is 9.63 Å². The number of rotatable bonds is 4. The summed E-state index contributed by atoms with van der Waals surface area (Å²) in [5.74, 6) is -1.11. The lowest BCUT2D eigenvalue weighted by Crippen LogP contribution is -2.50. The Morgan fingerprint density at radius 1 is 1.22 bits per heavy atom. The maximum atomic E-state index is 11.9. The number of amides is 1. The van der Waals surface area contributed by atoms with Gasteiger partial charge in [0.15, 0.2) is 0 Å². The van der Waals surface area contributed by atoms with Gasteiger partial charge in [-0.05, 0) is 41.5 Å². The molecule has 0 aromatic heterocycles. The second kappa shape index (κ2) is 6.29. The summed E-state index contributed by atoms with van der Waals surface area (Å²) in [6.07, 6.45) is -1.22. The van der Waals surface area contributed by atoms with Crippen molar-refractivity contribution in [3.8, 4) is 0 Å². The van der Waals surface area contributed by atoms with Crippen LogP contribution in [0.4, 0.5) is 0 Å². The lowest BCUT2D eigenvalue weighted by molar-refractivity contribution is -0.170. The van der Waals surface area contributed by atoms with Gasteiger partial charge >= 0.3 is 0 Å². The molecule has 5 atom stereocenters. The van der Waals surface area contributed by atoms with Crippen LogP contribution in [0.1, 0.15) is 41.5 Å². The summed E-state index contributed by atoms with van der Waals surface area (Å²) < 4.78 is 12.3. The normalized spacial score (nSPS) is 35.5. The van der Waals surface area contributed by atoms with E-state index in [2.05, 4.69) is 0 Å². The van der Waals surface area contributed by atoms with Crippen molar-refractivity contribution in [3.05, 3.63) is 0 Å². The van der Waals surface area contributed by atoms with Crippen LogP contribution in [-0.4, -0.2) is 64.8 Å². The first-order valence-electron chi connectivity index (χ1n) is 8.12. The molecule has 2 aliphatic rings. The van der Waals surface area contributed by atoms with E-state index in [0.717, 1.165) is 0 Å². The predicted octanol–water partition coefficient (Wildman–Crippen LogP) is 0.446. The summed E-state index contributed by atoms with van der Waals surface area (Å²) in [5.41, 5.74) is 4.82. The second-order valence-electron chi connectivity index (χ2n) is 8.31. The molecule has 134 valence electrons. The standard InChI is InChI=1S/C16H30N2O5/c1-15(2,3)21-9-7-18-12(13(9)22-16(4,5)6)11(14(17)20)10(8-19)23-18/h9-13,19H,7-8H2,1-6H3,(H2,17,20)/t9-,10+,11-,12-,13+/m0/s1. The molecule has 0 unspecified atom stereocenters. The maximum Gasteiger partial charge on any atom is 0.225 e. The molecule has 1 amide bonds. The fourth-order valence-electron chi connectivity index (χ4n) is 3.35. The summed E-state index contributed by atoms with van der Waals surface area (Å²) >= 11 is 0. The molecule has 0 radical (unpaired) electrons. The molecule has 0 spiro atoms. The Balaban J connectivity index is 2.29. The maximum absolute atomic E-state index is 11.9. The van der Waals surface area contributed by atoms with Gasteiger partial charge in [0, 0.05) is 0 Å². The SMILES string of the molecule is CC(C)(C)O[C@H]1[C@@H]2[C@@H](C(N)=O)[C@@H](CO)ON2C[C@@H]1OC(C)(C)C. The lowest BCUT2D eigenvalue weighted by Gasteiger charge is -2.35. The molecule has 2 saturated heterocycles. The fraction of sp³-hybridized carbons (Fsp3) is 0.938. The number of primary amides is 1. The minimum atomic E-state index is -0.626. The van der Waals surface area contributed by atoms with E-state index >= 15 is 0 Å². The van der Waals surface area contributed by atoms with Gasteiger partial charge in [-0.2, -0.15) is 5.06 Å². The van der Waals surface area contributed by atoms with Gasteiger partial charge in [-0.1, -0.05) is 0 Å². The monoisotopic (exact) mass is 330 g/mol. The molecule has 0 bridgehead atoms. The average molecular weight is 330 g/mol. The van der Waals surface area contributed by atoms with Crippen LogP contribution in [0.2, 0.25) is 0 Å². The molecule has 0 aromatic carbocycles. The molecule has 2 heterocycles. The van der Waals surface area contributed by atoms with Crippen molar-refractivity contribution in [1.82, 2.24) is 5.06 Å². The van der Waals surface area contributed by atoms with Crippen molar-refractivity contribution >= 4 is 5.91 Å². The third-order valence-corrected chi connectivity index (χ3v) is 3.94. The Morgan fingerprint density at radius 3 is 2.22 bits per heavy atom. The van der Waals surface area contributed by atoms with E-state index in [1.807, 2.05) is 41.5 Å². The first-order valence-corrected chi connectivity index (χ1v) is 8.12. The van der Waals surface area contributed by atoms with E-state index in [1.165, 1.54) is 0 Å². The van der Waals surface area contributed by atoms with E-state index in [0.29, 0.717) is 6.54 Å². The Labute approximate surface area is 138 Å². The van der Waals surface area contributed by atoms with Crippen molar-refractivity contribution in [2.75, 3.05) is 13.2 Å². The van der Waals surface area contributed by atoms with E-state index in [1.54, 1.807) is 5.06 Å². The molecular formula is C16H30N2O5. The van der Waals surface area contributed by atoms with Crippen LogP contribution in [-0.2, 0) is 19.1 Å². The van der Waals surface area contributed by atoms with Crippen molar-refractivity contribution in [3.63, 3.8) is 0 Å². The number of carbonyl (C=O) groups excluding carboxylic acids is 1. The number of hydrogen-bond donors (Lipinski definition) is 2. The van der Waals surface area contributed by atoms with Crippen molar-refractivity contribution in [2.24, 2.45) is 11.7 Å². The second-order valence-corrected chi connectivity index (χ2v) is 8.31. The van der Waals surface area contributed by atoms with Crippen LogP contribution in [0.3, 0.4) is 0 Å². The summed E-state index contributed by atoms with van der Waals surface area (Å²) in [7, 11) is 0. The Kier molecular flexibility index (Phi) is 5.09. The first kappa shape index (κ1) is 18.6. The Bertz CT molecular complexity index is 443. The van der Waals surface area contributed by atoms with Gasteiger partial charge in [-0.25, -0.2) is 0 Å². The van der Waals surface area contributed by atoms with Gasteiger partial charge in [0.05, 0.1) is 36.3 Å². The minimum absolute atomic E-state index is 0.235. The van der Waals surface area contributed by atoms with Crippen LogP contribution in [0.15, 0.2) is 0 Å². The lowest BCUT2D eigenvalue weighted by atomic mass is 9.90. The molecule has 0 saturated carbocycles. The smallest absolute Gasteiger partial charge is 0.225 e. The zero-order valence-electron chi connectivity index (χ0n) is 14.9. The van der Waals surface area contributed by atoms with Gasteiger partial charge < -0.3 is 20.3 Å². The van der Waals surface area contributed by atoms with E-state index < -0.39 is 23.5 Å². The highest BCUT2D eigenvalue weighted by Crippen LogP contribution is 2.40. The molecule has 7 nitrogen and oxygen atoms in total. The summed E-state index contributed by atoms with van der Waals surface area (Å²) in [6, 6.07) is -0.351. The number of hydrogen-bond acceptors (Lipinski definition) is 6. The average Bonchev–Trinajstić information content (AvgIpc) is 2.83. The third-order valence-electron chi connectivity index (χ3n) is 3.94. The molecule has 2 aliphatic heterocycles. The van der Waals surface area contributed by atoms with Crippen LogP contribution in [0.5, 0.6) is 0 Å². The highest BCUT2D eigenvalue weighted by molar-refractivity contribution is 5.78. The summed E-state index contributed by atoms with van der Waals surface area (Å²) in [4.78, 5) is 17.6. The van der Waals surface area contributed by atoms with Crippen LogP contribution < -0.4 is 5.73 Å². The largest absolute Gasteiger partial charge is 0.394 e. The van der Waals surface area contributed by atoms with Gasteiger partial charge in [0.1, 0.15) is 18.3 Å². The summed E-state index contributed by atoms with van der Waals surface area (Å²) in [6.45, 7) is 12.0. The van der Waals surface area contributed by atoms with Crippen molar-refractivity contribution in [2.45, 2.75) is 77.1 Å². The molecule has 3 N–H and O–H groups in total. The molecule has 7 heteroatoms.